The van der Waals surface area contributed by atoms with Gasteiger partial charge in [-0.25, -0.2) is 9.97 Å². The number of aromatic hydroxyl groups is 1. The van der Waals surface area contributed by atoms with Gasteiger partial charge in [0, 0.05) is 23.9 Å². The molecular weight excluding hydrogens is 458 g/mol. The van der Waals surface area contributed by atoms with Gasteiger partial charge in [-0.3, -0.25) is 4.79 Å². The van der Waals surface area contributed by atoms with E-state index in [2.05, 4.69) is 30.5 Å². The Kier molecular flexibility index (Phi) is 6.07. The van der Waals surface area contributed by atoms with Gasteiger partial charge in [-0.1, -0.05) is 6.07 Å². The molecule has 0 saturated carbocycles. The molecule has 5 rings (SSSR count). The number of nitrogens with one attached hydrogen (secondary N) is 2. The maximum atomic E-state index is 12.9. The number of carbonyl (C=O) groups excluding carboxylic acids is 1. The van der Waals surface area contributed by atoms with Gasteiger partial charge in [0.15, 0.2) is 5.82 Å². The van der Waals surface area contributed by atoms with Crippen LogP contribution in [0, 0.1) is 0 Å². The van der Waals surface area contributed by atoms with E-state index in [4.69, 9.17) is 4.74 Å². The van der Waals surface area contributed by atoms with Gasteiger partial charge in [0.25, 0.3) is 5.91 Å². The van der Waals surface area contributed by atoms with Crippen molar-refractivity contribution in [1.29, 1.82) is 0 Å². The minimum Gasteiger partial charge on any atom is -0.507 e. The first kappa shape index (κ1) is 23.0. The summed E-state index contributed by atoms with van der Waals surface area (Å²) in [5, 5.41) is 21.6. The van der Waals surface area contributed by atoms with Crippen LogP contribution in [0.1, 0.15) is 36.1 Å². The van der Waals surface area contributed by atoms with Crippen LogP contribution < -0.4 is 10.1 Å². The number of nitrogens with zero attached hydrogens (tertiary/aromatic N) is 5. The van der Waals surface area contributed by atoms with Gasteiger partial charge in [0.05, 0.1) is 29.7 Å². The number of amides is 1. The van der Waals surface area contributed by atoms with E-state index in [-0.39, 0.29) is 17.7 Å². The van der Waals surface area contributed by atoms with Crippen LogP contribution in [0.5, 0.6) is 11.6 Å². The lowest BCUT2D eigenvalue weighted by Gasteiger charge is -2.14. The Labute approximate surface area is 207 Å². The number of carbonyl (C=O) groups is 1. The number of rotatable bonds is 7. The number of aryl methyl sites for hydroxylation is 1. The quantitative estimate of drug-likeness (QED) is 0.317. The maximum absolute atomic E-state index is 12.9. The number of aromatic amines is 1. The average molecular weight is 484 g/mol. The summed E-state index contributed by atoms with van der Waals surface area (Å²) in [6.45, 7) is 4.58. The first-order chi connectivity index (χ1) is 17.5. The summed E-state index contributed by atoms with van der Waals surface area (Å²) < 4.78 is 7.27. The number of methoxy groups -OCH3 is 1. The van der Waals surface area contributed by atoms with Crippen LogP contribution in [-0.4, -0.2) is 47.8 Å². The average Bonchev–Trinajstić information content (AvgIpc) is 3.55. The third kappa shape index (κ3) is 4.24. The van der Waals surface area contributed by atoms with Crippen LogP contribution in [0.3, 0.4) is 0 Å². The minimum atomic E-state index is -0.308. The van der Waals surface area contributed by atoms with Crippen molar-refractivity contribution in [2.24, 2.45) is 0 Å². The number of imidazole rings is 1. The number of phenols is 1. The minimum absolute atomic E-state index is 0.0764. The molecule has 3 aromatic heterocycles. The van der Waals surface area contributed by atoms with Gasteiger partial charge < -0.3 is 24.7 Å². The zero-order valence-electron chi connectivity index (χ0n) is 20.1. The topological polar surface area (TPSA) is 131 Å². The molecule has 10 nitrogen and oxygen atoms in total. The fourth-order valence-electron chi connectivity index (χ4n) is 4.13. The molecule has 10 heteroatoms. The first-order valence-electron chi connectivity index (χ1n) is 11.5. The van der Waals surface area contributed by atoms with Crippen LogP contribution >= 0.6 is 0 Å². The van der Waals surface area contributed by atoms with Gasteiger partial charge in [0.2, 0.25) is 5.88 Å². The molecule has 5 aromatic rings. The van der Waals surface area contributed by atoms with Gasteiger partial charge in [-0.15, -0.1) is 10.2 Å². The molecule has 0 radical (unpaired) electrons. The molecule has 0 aliphatic heterocycles. The first-order valence-corrected chi connectivity index (χ1v) is 11.5. The van der Waals surface area contributed by atoms with Gasteiger partial charge in [0.1, 0.15) is 17.9 Å². The number of hydrogen-bond acceptors (Lipinski definition) is 7. The Morgan fingerprint density at radius 2 is 2.06 bits per heavy atom. The van der Waals surface area contributed by atoms with Crippen molar-refractivity contribution in [2.45, 2.75) is 26.4 Å². The van der Waals surface area contributed by atoms with E-state index in [1.54, 1.807) is 50.0 Å². The highest BCUT2D eigenvalue weighted by atomic mass is 16.5. The maximum Gasteiger partial charge on any atom is 0.251 e. The number of aromatic nitrogens is 6. The van der Waals surface area contributed by atoms with Gasteiger partial charge >= 0.3 is 0 Å². The predicted octanol–water partition coefficient (Wildman–Crippen LogP) is 4.11. The number of hydrogen-bond donors (Lipinski definition) is 3. The van der Waals surface area contributed by atoms with Crippen LogP contribution in [0.25, 0.3) is 33.5 Å². The van der Waals surface area contributed by atoms with E-state index in [1.165, 1.54) is 0 Å². The molecule has 3 heterocycles. The van der Waals surface area contributed by atoms with Crippen molar-refractivity contribution in [3.8, 4) is 34.1 Å². The molecule has 1 unspecified atom stereocenters. The van der Waals surface area contributed by atoms with Crippen LogP contribution in [0.2, 0.25) is 0 Å². The molecule has 182 valence electrons. The highest BCUT2D eigenvalue weighted by molar-refractivity contribution is 5.98. The van der Waals surface area contributed by atoms with Crippen LogP contribution in [-0.2, 0) is 6.54 Å². The molecule has 0 fully saturated rings. The SMILES string of the molecule is CCn1cnnc1C(C)NC(=O)c1ccc2nc(-c3cc(-c4cccnc4OC)ccc3O)[nH]c2c1. The highest BCUT2D eigenvalue weighted by Crippen LogP contribution is 2.35. The molecule has 1 amide bonds. The summed E-state index contributed by atoms with van der Waals surface area (Å²) >= 11 is 0. The Bertz CT molecular complexity index is 1560. The summed E-state index contributed by atoms with van der Waals surface area (Å²) in [4.78, 5) is 25.0. The number of fused-ring (bicyclic) bond motifs is 1. The fourth-order valence-corrected chi connectivity index (χ4v) is 4.13. The third-order valence-electron chi connectivity index (χ3n) is 5.99. The predicted molar refractivity (Wildman–Crippen MR) is 135 cm³/mol. The molecule has 3 N–H and O–H groups in total. The molecule has 0 bridgehead atoms. The van der Waals surface area contributed by atoms with Crippen molar-refractivity contribution >= 4 is 16.9 Å². The summed E-state index contributed by atoms with van der Waals surface area (Å²) in [6.07, 6.45) is 3.30. The number of benzene rings is 2. The van der Waals surface area contributed by atoms with Crippen molar-refractivity contribution in [3.05, 3.63) is 72.4 Å². The number of ether oxygens (including phenoxy) is 1. The summed E-state index contributed by atoms with van der Waals surface area (Å²) in [5.74, 6) is 1.50. The second-order valence-corrected chi connectivity index (χ2v) is 8.28. The molecule has 1 atom stereocenters. The molecule has 0 aliphatic rings. The Balaban J connectivity index is 1.44. The lowest BCUT2D eigenvalue weighted by atomic mass is 10.0. The van der Waals surface area contributed by atoms with E-state index in [0.717, 1.165) is 11.1 Å². The number of H-pyrrole nitrogens is 1. The largest absolute Gasteiger partial charge is 0.507 e. The van der Waals surface area contributed by atoms with Crippen molar-refractivity contribution in [2.75, 3.05) is 7.11 Å². The number of pyridine rings is 1. The van der Waals surface area contributed by atoms with Crippen LogP contribution in [0.4, 0.5) is 0 Å². The Morgan fingerprint density at radius 3 is 2.86 bits per heavy atom. The van der Waals surface area contributed by atoms with Crippen LogP contribution in [0.15, 0.2) is 61.1 Å². The summed E-state index contributed by atoms with van der Waals surface area (Å²) in [7, 11) is 1.57. The van der Waals surface area contributed by atoms with E-state index < -0.39 is 0 Å². The summed E-state index contributed by atoms with van der Waals surface area (Å²) in [5.41, 5.74) is 3.96. The zero-order chi connectivity index (χ0) is 25.2. The standard InChI is InChI=1S/C26H25N7O3/c1-4-33-14-28-32-24(33)15(2)29-25(35)17-7-9-20-21(13-17)31-23(30-20)19-12-16(8-10-22(19)34)18-6-5-11-27-26(18)36-3/h5-15,34H,4H2,1-3H3,(H,29,35)(H,30,31). The lowest BCUT2D eigenvalue weighted by molar-refractivity contribution is 0.0937. The molecule has 0 spiro atoms. The third-order valence-corrected chi connectivity index (χ3v) is 5.99. The van der Waals surface area contributed by atoms with Crippen molar-refractivity contribution in [3.63, 3.8) is 0 Å². The number of phenolic OH excluding ortho intramolecular Hbond substituents is 1. The van der Waals surface area contributed by atoms with E-state index in [9.17, 15) is 9.90 Å². The lowest BCUT2D eigenvalue weighted by Crippen LogP contribution is -2.28. The van der Waals surface area contributed by atoms with E-state index >= 15 is 0 Å². The Morgan fingerprint density at radius 1 is 1.19 bits per heavy atom. The second-order valence-electron chi connectivity index (χ2n) is 8.28. The zero-order valence-corrected chi connectivity index (χ0v) is 20.1. The van der Waals surface area contributed by atoms with Gasteiger partial charge in [-0.2, -0.15) is 0 Å². The van der Waals surface area contributed by atoms with E-state index in [0.29, 0.717) is 46.2 Å². The molecule has 36 heavy (non-hydrogen) atoms. The van der Waals surface area contributed by atoms with Crippen molar-refractivity contribution in [1.82, 2.24) is 35.0 Å². The second kappa shape index (κ2) is 9.49. The Hall–Kier alpha value is -4.73. The normalized spacial score (nSPS) is 12.0. The highest BCUT2D eigenvalue weighted by Gasteiger charge is 2.18. The molecular formula is C26H25N7O3. The monoisotopic (exact) mass is 483 g/mol. The van der Waals surface area contributed by atoms with Crippen molar-refractivity contribution < 1.29 is 14.6 Å². The molecule has 2 aromatic carbocycles. The smallest absolute Gasteiger partial charge is 0.251 e. The molecule has 0 aliphatic carbocycles. The van der Waals surface area contributed by atoms with Gasteiger partial charge in [-0.05, 0) is 61.9 Å². The molecule has 0 saturated heterocycles. The summed E-state index contributed by atoms with van der Waals surface area (Å²) in [6, 6.07) is 13.9. The fraction of sp³-hybridized carbons (Fsp3) is 0.192. The van der Waals surface area contributed by atoms with E-state index in [1.807, 2.05) is 36.6 Å².